The van der Waals surface area contributed by atoms with Crippen molar-refractivity contribution in [3.63, 3.8) is 0 Å². The molecule has 122 valence electrons. The molecule has 0 aliphatic carbocycles. The van der Waals surface area contributed by atoms with Gasteiger partial charge in [0.15, 0.2) is 0 Å². The topological polar surface area (TPSA) is 77.5 Å². The number of Topliss-reactive ketones (excluding diaryl/α,β-unsaturated/α-hetero) is 1. The Morgan fingerprint density at radius 1 is 1.13 bits per heavy atom. The zero-order chi connectivity index (χ0) is 17.3. The zero-order valence-corrected chi connectivity index (χ0v) is 13.3. The average molecular weight is 360 g/mol. The molecule has 1 heterocycles. The Kier molecular flexibility index (Phi) is 4.62. The number of esters is 1. The summed E-state index contributed by atoms with van der Waals surface area (Å²) < 4.78 is 57.4. The average Bonchev–Trinajstić information content (AvgIpc) is 3.04. The van der Waals surface area contributed by atoms with Gasteiger partial charge in [0.1, 0.15) is 4.88 Å². The van der Waals surface area contributed by atoms with Crippen molar-refractivity contribution in [3.05, 3.63) is 52.2 Å². The van der Waals surface area contributed by atoms with Gasteiger partial charge in [-0.05, 0) is 11.4 Å². The van der Waals surface area contributed by atoms with E-state index in [0.717, 1.165) is 30.7 Å². The number of benzene rings is 1. The second kappa shape index (κ2) is 6.17. The lowest BCUT2D eigenvalue weighted by Crippen LogP contribution is -2.38. The van der Waals surface area contributed by atoms with Crippen molar-refractivity contribution in [1.29, 1.82) is 0 Å². The first kappa shape index (κ1) is 17.2. The summed E-state index contributed by atoms with van der Waals surface area (Å²) in [5.41, 5.74) is -0.448. The molecule has 1 aromatic heterocycles. The Hall–Kier alpha value is -2.13. The zero-order valence-electron chi connectivity index (χ0n) is 11.7. The minimum atomic E-state index is -5.40. The van der Waals surface area contributed by atoms with E-state index >= 15 is 0 Å². The predicted molar refractivity (Wildman–Crippen MR) is 78.6 cm³/mol. The predicted octanol–water partition coefficient (Wildman–Crippen LogP) is 2.78. The highest BCUT2D eigenvalue weighted by Gasteiger charge is 2.54. The maximum atomic E-state index is 14.3. The maximum Gasteiger partial charge on any atom is 0.411 e. The number of thiophene rings is 1. The fraction of sp³-hybridized carbons (Fsp3) is 0.143. The number of methoxy groups -OCH3 is 1. The Balaban J connectivity index is 2.53. The molecule has 0 spiro atoms. The molecular weight excluding hydrogens is 350 g/mol. The summed E-state index contributed by atoms with van der Waals surface area (Å²) in [5.74, 6) is -2.93. The van der Waals surface area contributed by atoms with Crippen LogP contribution in [0.2, 0.25) is 0 Å². The van der Waals surface area contributed by atoms with E-state index in [9.17, 15) is 26.8 Å². The molecule has 1 aromatic carbocycles. The number of hydrogen-bond donors (Lipinski definition) is 0. The Morgan fingerprint density at radius 2 is 1.74 bits per heavy atom. The number of carbonyl (C=O) groups excluding carboxylic acids is 2. The summed E-state index contributed by atoms with van der Waals surface area (Å²) in [7, 11) is -4.41. The van der Waals surface area contributed by atoms with Gasteiger partial charge in [-0.25, -0.2) is 13.2 Å². The van der Waals surface area contributed by atoms with E-state index in [1.54, 1.807) is 0 Å². The van der Waals surface area contributed by atoms with Gasteiger partial charge in [0.25, 0.3) is 9.84 Å². The summed E-state index contributed by atoms with van der Waals surface area (Å²) in [6.45, 7) is 0. The SMILES string of the molecule is COC(=O)c1sccc1S(=O)(=O)C(F)(F)C(=O)c1ccccc1. The van der Waals surface area contributed by atoms with Gasteiger partial charge < -0.3 is 4.74 Å². The first-order valence-electron chi connectivity index (χ1n) is 6.11. The Labute approximate surface area is 134 Å². The van der Waals surface area contributed by atoms with E-state index in [0.29, 0.717) is 11.3 Å². The molecule has 5 nitrogen and oxygen atoms in total. The first-order chi connectivity index (χ1) is 10.7. The monoisotopic (exact) mass is 360 g/mol. The first-order valence-corrected chi connectivity index (χ1v) is 8.48. The molecule has 0 saturated carbocycles. The molecule has 23 heavy (non-hydrogen) atoms. The van der Waals surface area contributed by atoms with Crippen molar-refractivity contribution >= 4 is 32.9 Å². The maximum absolute atomic E-state index is 14.3. The molecule has 0 N–H and O–H groups in total. The number of ketones is 1. The minimum Gasteiger partial charge on any atom is -0.465 e. The summed E-state index contributed by atoms with van der Waals surface area (Å²) in [5, 5.41) is -3.56. The van der Waals surface area contributed by atoms with Crippen LogP contribution in [0, 0.1) is 0 Å². The molecule has 2 aromatic rings. The van der Waals surface area contributed by atoms with Crippen molar-refractivity contribution in [2.24, 2.45) is 0 Å². The normalized spacial score (nSPS) is 12.0. The number of halogens is 2. The van der Waals surface area contributed by atoms with E-state index < -0.39 is 42.2 Å². The van der Waals surface area contributed by atoms with Gasteiger partial charge in [-0.1, -0.05) is 30.3 Å². The van der Waals surface area contributed by atoms with E-state index in [4.69, 9.17) is 0 Å². The third kappa shape index (κ3) is 2.89. The molecule has 0 fully saturated rings. The quantitative estimate of drug-likeness (QED) is 0.605. The molecule has 0 aliphatic heterocycles. The largest absolute Gasteiger partial charge is 0.465 e. The van der Waals surface area contributed by atoms with Crippen LogP contribution in [0.25, 0.3) is 0 Å². The second-order valence-corrected chi connectivity index (χ2v) is 7.20. The van der Waals surface area contributed by atoms with Gasteiger partial charge in [-0.15, -0.1) is 11.3 Å². The summed E-state index contributed by atoms with van der Waals surface area (Å²) >= 11 is 0.634. The lowest BCUT2D eigenvalue weighted by atomic mass is 10.1. The molecule has 0 bridgehead atoms. The van der Waals surface area contributed by atoms with Crippen LogP contribution in [0.4, 0.5) is 8.78 Å². The smallest absolute Gasteiger partial charge is 0.411 e. The fourth-order valence-corrected chi connectivity index (χ4v) is 4.24. The summed E-state index contributed by atoms with van der Waals surface area (Å²) in [4.78, 5) is 22.0. The molecule has 0 atom stereocenters. The van der Waals surface area contributed by atoms with Crippen molar-refractivity contribution in [2.45, 2.75) is 10.2 Å². The van der Waals surface area contributed by atoms with E-state index in [1.165, 1.54) is 18.2 Å². The number of sulfone groups is 1. The third-order valence-electron chi connectivity index (χ3n) is 2.93. The van der Waals surface area contributed by atoms with Gasteiger partial charge in [0, 0.05) is 5.56 Å². The molecule has 0 amide bonds. The lowest BCUT2D eigenvalue weighted by molar-refractivity contribution is 0.0523. The molecule has 2 rings (SSSR count). The molecule has 0 aliphatic rings. The second-order valence-electron chi connectivity index (χ2n) is 4.32. The highest BCUT2D eigenvalue weighted by atomic mass is 32.2. The molecule has 0 saturated heterocycles. The standard InChI is InChI=1S/C14H10F2O5S2/c1-21-13(18)11-10(7-8-22-11)23(19,20)14(15,16)12(17)9-5-3-2-4-6-9/h2-8H,1H3. The van der Waals surface area contributed by atoms with Gasteiger partial charge in [-0.2, -0.15) is 8.78 Å². The van der Waals surface area contributed by atoms with Crippen LogP contribution in [0.15, 0.2) is 46.7 Å². The van der Waals surface area contributed by atoms with Gasteiger partial charge >= 0.3 is 11.2 Å². The highest BCUT2D eigenvalue weighted by Crippen LogP contribution is 2.36. The van der Waals surface area contributed by atoms with Gasteiger partial charge in [-0.3, -0.25) is 4.79 Å². The summed E-state index contributed by atoms with van der Waals surface area (Å²) in [6.07, 6.45) is 0. The van der Waals surface area contributed by atoms with Crippen LogP contribution in [0.5, 0.6) is 0 Å². The van der Waals surface area contributed by atoms with Gasteiger partial charge in [0.2, 0.25) is 5.78 Å². The number of hydrogen-bond acceptors (Lipinski definition) is 6. The van der Waals surface area contributed by atoms with Crippen molar-refractivity contribution in [3.8, 4) is 0 Å². The lowest BCUT2D eigenvalue weighted by Gasteiger charge is -2.15. The van der Waals surface area contributed by atoms with Crippen molar-refractivity contribution < 1.29 is 31.5 Å². The Morgan fingerprint density at radius 3 is 2.30 bits per heavy atom. The molecule has 9 heteroatoms. The third-order valence-corrected chi connectivity index (χ3v) is 5.73. The number of alkyl halides is 2. The van der Waals surface area contributed by atoms with E-state index in [1.807, 2.05) is 0 Å². The fourth-order valence-electron chi connectivity index (χ4n) is 1.77. The molecular formula is C14H10F2O5S2. The number of ether oxygens (including phenoxy) is 1. The van der Waals surface area contributed by atoms with Crippen LogP contribution >= 0.6 is 11.3 Å². The molecule has 0 unspecified atom stereocenters. The van der Waals surface area contributed by atoms with Crippen LogP contribution in [0.3, 0.4) is 0 Å². The van der Waals surface area contributed by atoms with Crippen LogP contribution in [-0.2, 0) is 14.6 Å². The van der Waals surface area contributed by atoms with Crippen LogP contribution < -0.4 is 0 Å². The Bertz CT molecular complexity index is 841. The minimum absolute atomic E-state index is 0.448. The number of carbonyl (C=O) groups is 2. The van der Waals surface area contributed by atoms with Crippen molar-refractivity contribution in [1.82, 2.24) is 0 Å². The van der Waals surface area contributed by atoms with Gasteiger partial charge in [0.05, 0.1) is 12.0 Å². The van der Waals surface area contributed by atoms with E-state index in [-0.39, 0.29) is 0 Å². The summed E-state index contributed by atoms with van der Waals surface area (Å²) in [6, 6.07) is 7.18. The van der Waals surface area contributed by atoms with Crippen LogP contribution in [0.1, 0.15) is 20.0 Å². The van der Waals surface area contributed by atoms with Crippen LogP contribution in [-0.4, -0.2) is 32.5 Å². The van der Waals surface area contributed by atoms with Crippen molar-refractivity contribution in [2.75, 3.05) is 7.11 Å². The highest BCUT2D eigenvalue weighted by molar-refractivity contribution is 7.93. The molecule has 0 radical (unpaired) electrons. The number of rotatable bonds is 5. The van der Waals surface area contributed by atoms with E-state index in [2.05, 4.69) is 4.74 Å².